The van der Waals surface area contributed by atoms with Crippen LogP contribution >= 0.6 is 23.2 Å². The second-order valence-corrected chi connectivity index (χ2v) is 7.77. The first-order chi connectivity index (χ1) is 14.4. The van der Waals surface area contributed by atoms with Crippen LogP contribution in [-0.2, 0) is 19.6 Å². The Kier molecular flexibility index (Phi) is 7.83. The molecule has 0 N–H and O–H groups in total. The monoisotopic (exact) mass is 468 g/mol. The van der Waals surface area contributed by atoms with Crippen LogP contribution in [-0.4, -0.2) is 17.5 Å². The van der Waals surface area contributed by atoms with Crippen LogP contribution in [0.4, 0.5) is 10.2 Å². The number of anilines is 1. The number of aromatic carboxylic acids is 1. The Balaban J connectivity index is 0.00000272. The summed E-state index contributed by atoms with van der Waals surface area (Å²) in [6.07, 6.45) is 2.01. The summed E-state index contributed by atoms with van der Waals surface area (Å²) in [5.41, 5.74) is 1.98. The molecular weight excluding hydrogens is 453 g/mol. The molecule has 3 aromatic rings. The topological polar surface area (TPSA) is 65.5 Å². The average Bonchev–Trinajstić information content (AvgIpc) is 3.11. The minimum Gasteiger partial charge on any atom is -0.545 e. The van der Waals surface area contributed by atoms with Gasteiger partial charge in [-0.25, -0.2) is 9.37 Å². The number of carbonyl (C=O) groups excluding carboxylic acids is 1. The normalized spacial score (nSPS) is 12.3. The zero-order valence-corrected chi connectivity index (χ0v) is 20.2. The first kappa shape index (κ1) is 23.8. The van der Waals surface area contributed by atoms with Crippen molar-refractivity contribution in [2.75, 3.05) is 11.4 Å². The second kappa shape index (κ2) is 10.2. The van der Waals surface area contributed by atoms with Gasteiger partial charge in [-0.05, 0) is 42.8 Å². The molecule has 0 amide bonds. The summed E-state index contributed by atoms with van der Waals surface area (Å²) in [6, 6.07) is 11.1. The van der Waals surface area contributed by atoms with Gasteiger partial charge in [-0.3, -0.25) is 0 Å². The smallest absolute Gasteiger partial charge is 0.545 e. The van der Waals surface area contributed by atoms with Gasteiger partial charge in [0.15, 0.2) is 0 Å². The zero-order chi connectivity index (χ0) is 21.3. The van der Waals surface area contributed by atoms with Crippen LogP contribution in [0.25, 0.3) is 0 Å². The van der Waals surface area contributed by atoms with E-state index in [-0.39, 0.29) is 41.7 Å². The Morgan fingerprint density at radius 3 is 2.61 bits per heavy atom. The van der Waals surface area contributed by atoms with Gasteiger partial charge < -0.3 is 19.5 Å². The molecule has 5 nitrogen and oxygen atoms in total. The van der Waals surface area contributed by atoms with E-state index in [4.69, 9.17) is 27.9 Å². The maximum atomic E-state index is 14.1. The fraction of sp³-hybridized carbons (Fsp3) is 0.182. The first-order valence-corrected chi connectivity index (χ1v) is 9.97. The van der Waals surface area contributed by atoms with Crippen LogP contribution < -0.4 is 44.3 Å². The molecule has 154 valence electrons. The number of carbonyl (C=O) groups is 1. The van der Waals surface area contributed by atoms with Crippen LogP contribution in [0, 0.1) is 5.82 Å². The van der Waals surface area contributed by atoms with E-state index in [2.05, 4.69) is 4.98 Å². The molecule has 2 heterocycles. The van der Waals surface area contributed by atoms with Crippen LogP contribution in [0.1, 0.15) is 27.0 Å². The molecule has 0 atom stereocenters. The fourth-order valence-corrected chi connectivity index (χ4v) is 3.86. The number of halogens is 3. The van der Waals surface area contributed by atoms with E-state index in [0.717, 1.165) is 5.56 Å². The third-order valence-electron chi connectivity index (χ3n) is 4.97. The Hall–Kier alpha value is -1.83. The quantitative estimate of drug-likeness (QED) is 0.505. The molecule has 31 heavy (non-hydrogen) atoms. The van der Waals surface area contributed by atoms with Gasteiger partial charge in [0.1, 0.15) is 24.0 Å². The summed E-state index contributed by atoms with van der Waals surface area (Å²) < 4.78 is 19.9. The molecule has 1 aromatic heterocycles. The minimum atomic E-state index is -1.22. The molecule has 0 aliphatic carbocycles. The van der Waals surface area contributed by atoms with Gasteiger partial charge in [0.2, 0.25) is 0 Å². The number of hydrogen-bond donors (Lipinski definition) is 0. The van der Waals surface area contributed by atoms with E-state index in [1.54, 1.807) is 30.3 Å². The number of benzene rings is 2. The SMILES string of the molecule is O=C([O-])c1ccnc2c1CCN2Cc1cc(Cl)ccc1OCc1ccc(Cl)cc1F.[Na+]. The summed E-state index contributed by atoms with van der Waals surface area (Å²) in [6.45, 7) is 1.04. The molecule has 1 aliphatic heterocycles. The van der Waals surface area contributed by atoms with E-state index in [1.165, 1.54) is 18.3 Å². The van der Waals surface area contributed by atoms with Crippen molar-refractivity contribution in [1.29, 1.82) is 0 Å². The molecule has 0 radical (unpaired) electrons. The largest absolute Gasteiger partial charge is 1.00 e. The van der Waals surface area contributed by atoms with E-state index in [9.17, 15) is 14.3 Å². The van der Waals surface area contributed by atoms with Gasteiger partial charge in [0, 0.05) is 51.6 Å². The molecule has 0 spiro atoms. The van der Waals surface area contributed by atoms with Crippen molar-refractivity contribution in [3.63, 3.8) is 0 Å². The molecule has 4 rings (SSSR count). The third-order valence-corrected chi connectivity index (χ3v) is 5.44. The number of ether oxygens (including phenoxy) is 1. The van der Waals surface area contributed by atoms with Gasteiger partial charge in [0.25, 0.3) is 0 Å². The van der Waals surface area contributed by atoms with Gasteiger partial charge in [0.05, 0.1) is 5.97 Å². The third kappa shape index (κ3) is 5.33. The summed E-state index contributed by atoms with van der Waals surface area (Å²) in [5, 5.41) is 12.2. The number of rotatable bonds is 6. The fourth-order valence-electron chi connectivity index (χ4n) is 3.51. The van der Waals surface area contributed by atoms with Crippen LogP contribution in [0.15, 0.2) is 48.7 Å². The molecule has 0 unspecified atom stereocenters. The number of fused-ring (bicyclic) bond motifs is 1. The average molecular weight is 469 g/mol. The van der Waals surface area contributed by atoms with Crippen LogP contribution in [0.2, 0.25) is 10.0 Å². The maximum Gasteiger partial charge on any atom is 1.00 e. The summed E-state index contributed by atoms with van der Waals surface area (Å²) in [7, 11) is 0. The van der Waals surface area contributed by atoms with Crippen molar-refractivity contribution in [2.45, 2.75) is 19.6 Å². The van der Waals surface area contributed by atoms with Gasteiger partial charge in [-0.15, -0.1) is 0 Å². The Morgan fingerprint density at radius 1 is 1.13 bits per heavy atom. The van der Waals surface area contributed by atoms with E-state index < -0.39 is 11.8 Å². The van der Waals surface area contributed by atoms with E-state index >= 15 is 0 Å². The number of hydrogen-bond acceptors (Lipinski definition) is 5. The van der Waals surface area contributed by atoms with Gasteiger partial charge in [-0.1, -0.05) is 29.3 Å². The van der Waals surface area contributed by atoms with Crippen molar-refractivity contribution in [3.8, 4) is 5.75 Å². The molecule has 1 aliphatic rings. The van der Waals surface area contributed by atoms with E-state index in [0.29, 0.717) is 52.2 Å². The predicted molar refractivity (Wildman–Crippen MR) is 111 cm³/mol. The van der Waals surface area contributed by atoms with Crippen molar-refractivity contribution >= 4 is 35.0 Å². The van der Waals surface area contributed by atoms with Crippen molar-refractivity contribution in [3.05, 3.63) is 86.8 Å². The number of carboxylic acids is 1. The predicted octanol–water partition coefficient (Wildman–Crippen LogP) is 1.04. The second-order valence-electron chi connectivity index (χ2n) is 6.90. The number of nitrogens with zero attached hydrogens (tertiary/aromatic N) is 2. The van der Waals surface area contributed by atoms with Crippen LogP contribution in [0.3, 0.4) is 0 Å². The number of aromatic nitrogens is 1. The van der Waals surface area contributed by atoms with Crippen molar-refractivity contribution in [1.82, 2.24) is 4.98 Å². The van der Waals surface area contributed by atoms with Gasteiger partial charge >= 0.3 is 29.6 Å². The molecule has 0 fully saturated rings. The molecule has 0 bridgehead atoms. The minimum absolute atomic E-state index is 0. The molecular formula is C22H16Cl2FN2NaO3. The van der Waals surface area contributed by atoms with Gasteiger partial charge in [-0.2, -0.15) is 0 Å². The van der Waals surface area contributed by atoms with Crippen molar-refractivity contribution < 1.29 is 48.6 Å². The Bertz CT molecular complexity index is 1130. The molecule has 2 aromatic carbocycles. The summed E-state index contributed by atoms with van der Waals surface area (Å²) in [5.74, 6) is -0.498. The Morgan fingerprint density at radius 2 is 1.87 bits per heavy atom. The standard InChI is InChI=1S/C22H17Cl2FN2O3.Na/c23-15-3-4-20(30-12-13-1-2-16(24)10-19(13)25)14(9-15)11-27-8-6-17-18(22(28)29)5-7-26-21(17)27;/h1-5,7,9-10H,6,8,11-12H2,(H,28,29);/q;+1/p-1. The molecule has 0 saturated carbocycles. The maximum absolute atomic E-state index is 14.1. The molecule has 9 heteroatoms. The number of pyridine rings is 1. The summed E-state index contributed by atoms with van der Waals surface area (Å²) in [4.78, 5) is 17.7. The number of carboxylic acid groups (broad SMARTS) is 1. The summed E-state index contributed by atoms with van der Waals surface area (Å²) >= 11 is 12.0. The van der Waals surface area contributed by atoms with Crippen LogP contribution in [0.5, 0.6) is 5.75 Å². The molecule has 0 saturated heterocycles. The van der Waals surface area contributed by atoms with E-state index in [1.807, 2.05) is 4.90 Å². The first-order valence-electron chi connectivity index (χ1n) is 9.21. The van der Waals surface area contributed by atoms with Crippen molar-refractivity contribution in [2.24, 2.45) is 0 Å². The zero-order valence-electron chi connectivity index (χ0n) is 16.7. The Labute approximate surface area is 211 Å².